The Bertz CT molecular complexity index is 1110. The van der Waals surface area contributed by atoms with Crippen LogP contribution in [0.3, 0.4) is 0 Å². The Balaban J connectivity index is 3.04. The van der Waals surface area contributed by atoms with E-state index < -0.39 is 53.2 Å². The van der Waals surface area contributed by atoms with E-state index in [1.165, 1.54) is 11.4 Å². The second-order valence-electron chi connectivity index (χ2n) is 12.4. The van der Waals surface area contributed by atoms with Crippen LogP contribution in [0.15, 0.2) is 42.5 Å². The maximum Gasteiger partial charge on any atom is 0.416 e. The summed E-state index contributed by atoms with van der Waals surface area (Å²) in [5.74, 6) is 0. The van der Waals surface area contributed by atoms with Gasteiger partial charge in [-0.25, -0.2) is 8.51 Å². The standard InChI is InChI=1S/C28H38F6NOPS/c1-24(2,3)37(25(4,5)6)22-14-12-11-13-21(22)23(35(10)38(36)26(7,8)9)18-15-19(27(29,30)31)17-20(16-18)28(32,33)34/h11-17,23H,1-10H3/t23-,38-/m1/s1. The molecule has 0 saturated carbocycles. The van der Waals surface area contributed by atoms with E-state index >= 15 is 0 Å². The molecule has 0 aromatic heterocycles. The van der Waals surface area contributed by atoms with Gasteiger partial charge in [0.1, 0.15) is 11.0 Å². The molecule has 2 atom stereocenters. The highest BCUT2D eigenvalue weighted by Crippen LogP contribution is 2.59. The van der Waals surface area contributed by atoms with Crippen molar-refractivity contribution in [3.63, 3.8) is 0 Å². The summed E-state index contributed by atoms with van der Waals surface area (Å²) in [6.07, 6.45) is -9.99. The average Bonchev–Trinajstić information content (AvgIpc) is 2.70. The normalized spacial score (nSPS) is 15.7. The predicted molar refractivity (Wildman–Crippen MR) is 146 cm³/mol. The summed E-state index contributed by atoms with van der Waals surface area (Å²) in [6, 6.07) is 7.70. The zero-order valence-corrected chi connectivity index (χ0v) is 25.3. The van der Waals surface area contributed by atoms with Crippen LogP contribution in [0, 0.1) is 0 Å². The number of alkyl halides is 6. The van der Waals surface area contributed by atoms with Crippen LogP contribution in [0.1, 0.15) is 90.6 Å². The van der Waals surface area contributed by atoms with Crippen molar-refractivity contribution in [2.45, 2.75) is 95.8 Å². The zero-order chi connectivity index (χ0) is 29.6. The van der Waals surface area contributed by atoms with Gasteiger partial charge in [0.05, 0.1) is 21.9 Å². The van der Waals surface area contributed by atoms with Gasteiger partial charge in [-0.1, -0.05) is 73.7 Å². The lowest BCUT2D eigenvalue weighted by atomic mass is 9.94. The lowest BCUT2D eigenvalue weighted by molar-refractivity contribution is -0.143. The van der Waals surface area contributed by atoms with Crippen LogP contribution >= 0.6 is 7.92 Å². The van der Waals surface area contributed by atoms with Crippen LogP contribution < -0.4 is 5.30 Å². The number of halogens is 6. The van der Waals surface area contributed by atoms with E-state index in [0.717, 1.165) is 17.4 Å². The average molecular weight is 582 g/mol. The molecule has 0 aliphatic rings. The molecule has 0 bridgehead atoms. The third-order valence-electron chi connectivity index (χ3n) is 5.89. The third kappa shape index (κ3) is 7.60. The first-order valence-corrected chi connectivity index (χ1v) is 14.6. The first-order chi connectivity index (χ1) is 16.9. The molecular weight excluding hydrogens is 543 g/mol. The minimum Gasteiger partial charge on any atom is -0.242 e. The fraction of sp³-hybridized carbons (Fsp3) is 0.571. The second kappa shape index (κ2) is 10.9. The van der Waals surface area contributed by atoms with Crippen LogP contribution in [-0.4, -0.2) is 30.6 Å². The van der Waals surface area contributed by atoms with Crippen molar-refractivity contribution in [3.8, 4) is 0 Å². The molecule has 2 aromatic carbocycles. The van der Waals surface area contributed by atoms with Gasteiger partial charge in [-0.15, -0.1) is 0 Å². The lowest BCUT2D eigenvalue weighted by Gasteiger charge is -2.44. The molecule has 0 aliphatic heterocycles. The Hall–Kier alpha value is -1.44. The van der Waals surface area contributed by atoms with Crippen molar-refractivity contribution < 1.29 is 30.6 Å². The highest BCUT2D eigenvalue weighted by atomic mass is 32.2. The first kappa shape index (κ1) is 32.8. The van der Waals surface area contributed by atoms with Crippen LogP contribution in [0.5, 0.6) is 0 Å². The van der Waals surface area contributed by atoms with E-state index in [9.17, 15) is 30.6 Å². The lowest BCUT2D eigenvalue weighted by Crippen LogP contribution is -2.40. The highest BCUT2D eigenvalue weighted by molar-refractivity contribution is 7.84. The van der Waals surface area contributed by atoms with E-state index in [1.807, 2.05) is 12.1 Å². The van der Waals surface area contributed by atoms with Gasteiger partial charge in [-0.05, 0) is 65.7 Å². The minimum atomic E-state index is -4.99. The summed E-state index contributed by atoms with van der Waals surface area (Å²) in [6.45, 7) is 17.6. The van der Waals surface area contributed by atoms with Crippen LogP contribution in [0.4, 0.5) is 26.3 Å². The van der Waals surface area contributed by atoms with Gasteiger partial charge in [-0.2, -0.15) is 26.3 Å². The van der Waals surface area contributed by atoms with Gasteiger partial charge in [-0.3, -0.25) is 0 Å². The summed E-state index contributed by atoms with van der Waals surface area (Å²) in [5.41, 5.74) is -2.45. The number of benzene rings is 2. The third-order valence-corrected chi connectivity index (χ3v) is 11.2. The smallest absolute Gasteiger partial charge is 0.242 e. The quantitative estimate of drug-likeness (QED) is 0.255. The van der Waals surface area contributed by atoms with E-state index in [2.05, 4.69) is 41.5 Å². The Morgan fingerprint density at radius 1 is 0.737 bits per heavy atom. The van der Waals surface area contributed by atoms with Gasteiger partial charge < -0.3 is 0 Å². The van der Waals surface area contributed by atoms with E-state index in [4.69, 9.17) is 0 Å². The van der Waals surface area contributed by atoms with Crippen molar-refractivity contribution in [1.82, 2.24) is 4.31 Å². The van der Waals surface area contributed by atoms with Crippen molar-refractivity contribution in [3.05, 3.63) is 64.7 Å². The molecule has 2 nitrogen and oxygen atoms in total. The molecule has 38 heavy (non-hydrogen) atoms. The Kier molecular flexibility index (Phi) is 9.36. The Morgan fingerprint density at radius 3 is 1.53 bits per heavy atom. The number of hydrogen-bond acceptors (Lipinski definition) is 1. The van der Waals surface area contributed by atoms with Crippen LogP contribution in [0.2, 0.25) is 0 Å². The monoisotopic (exact) mass is 581 g/mol. The van der Waals surface area contributed by atoms with Gasteiger partial charge >= 0.3 is 12.4 Å². The summed E-state index contributed by atoms with van der Waals surface area (Å²) in [5, 5.41) is 0.387. The van der Waals surface area contributed by atoms with E-state index in [-0.39, 0.29) is 21.9 Å². The predicted octanol–water partition coefficient (Wildman–Crippen LogP) is 8.91. The fourth-order valence-corrected chi connectivity index (χ4v) is 10.3. The van der Waals surface area contributed by atoms with Gasteiger partial charge in [0.2, 0.25) is 0 Å². The molecule has 0 unspecified atom stereocenters. The molecule has 0 fully saturated rings. The van der Waals surface area contributed by atoms with E-state index in [1.54, 1.807) is 32.9 Å². The topological polar surface area (TPSA) is 20.3 Å². The van der Waals surface area contributed by atoms with E-state index in [0.29, 0.717) is 5.56 Å². The summed E-state index contributed by atoms with van der Waals surface area (Å²) >= 11 is 0. The molecule has 214 valence electrons. The van der Waals surface area contributed by atoms with Gasteiger partial charge in [0, 0.05) is 7.05 Å². The molecule has 10 heteroatoms. The largest absolute Gasteiger partial charge is 0.416 e. The van der Waals surface area contributed by atoms with Crippen LogP contribution in [-0.2, 0) is 23.3 Å². The molecule has 0 spiro atoms. The molecule has 0 N–H and O–H groups in total. The molecule has 0 saturated heterocycles. The molecule has 0 radical (unpaired) electrons. The molecular formula is C28H38F6NOPS. The van der Waals surface area contributed by atoms with Crippen molar-refractivity contribution in [1.29, 1.82) is 0 Å². The molecule has 2 rings (SSSR count). The Morgan fingerprint density at radius 2 is 1.16 bits per heavy atom. The fourth-order valence-electron chi connectivity index (χ4n) is 4.90. The SMILES string of the molecule is CN([C@H](c1cc(C(F)(F)F)cc(C(F)(F)F)c1)c1ccccc1P(C(C)(C)C)C(C)(C)C)[S@](=O)C(C)(C)C. The summed E-state index contributed by atoms with van der Waals surface area (Å²) < 4.78 is 97.2. The second-order valence-corrected chi connectivity index (χ2v) is 18.5. The van der Waals surface area contributed by atoms with Crippen molar-refractivity contribution >= 4 is 24.2 Å². The van der Waals surface area contributed by atoms with Crippen LogP contribution in [0.25, 0.3) is 0 Å². The number of hydrogen-bond donors (Lipinski definition) is 0. The first-order valence-electron chi connectivity index (χ1n) is 12.2. The number of rotatable bonds is 5. The molecule has 0 amide bonds. The Labute approximate surface area is 226 Å². The summed E-state index contributed by atoms with van der Waals surface area (Å²) in [4.78, 5) is 0. The minimum absolute atomic E-state index is 0.129. The van der Waals surface area contributed by atoms with Crippen molar-refractivity contribution in [2.24, 2.45) is 0 Å². The highest BCUT2D eigenvalue weighted by Gasteiger charge is 2.42. The maximum atomic E-state index is 13.8. The molecule has 2 aromatic rings. The van der Waals surface area contributed by atoms with Crippen molar-refractivity contribution in [2.75, 3.05) is 7.05 Å². The molecule has 0 heterocycles. The zero-order valence-electron chi connectivity index (χ0n) is 23.6. The van der Waals surface area contributed by atoms with Gasteiger partial charge in [0.15, 0.2) is 0 Å². The maximum absolute atomic E-state index is 13.8. The number of nitrogens with zero attached hydrogens (tertiary/aromatic N) is 1. The summed E-state index contributed by atoms with van der Waals surface area (Å²) in [7, 11) is -1.25. The molecule has 0 aliphatic carbocycles. The van der Waals surface area contributed by atoms with Gasteiger partial charge in [0.25, 0.3) is 0 Å².